The summed E-state index contributed by atoms with van der Waals surface area (Å²) in [5.74, 6) is 0. The first-order valence-electron chi connectivity index (χ1n) is 6.98. The SMILES string of the molecule is C[Si](C)(C)[C@@H]1CC1N1C(=O)OC[C@@H]1c1ccccc1. The molecule has 1 aromatic rings. The van der Waals surface area contributed by atoms with Gasteiger partial charge in [0.25, 0.3) is 0 Å². The summed E-state index contributed by atoms with van der Waals surface area (Å²) in [6.45, 7) is 7.65. The highest BCUT2D eigenvalue weighted by atomic mass is 28.3. The summed E-state index contributed by atoms with van der Waals surface area (Å²) in [7, 11) is -1.16. The van der Waals surface area contributed by atoms with Crippen LogP contribution in [-0.2, 0) is 4.74 Å². The van der Waals surface area contributed by atoms with Crippen molar-refractivity contribution >= 4 is 14.2 Å². The summed E-state index contributed by atoms with van der Waals surface area (Å²) < 4.78 is 5.30. The molecule has 102 valence electrons. The highest BCUT2D eigenvalue weighted by Gasteiger charge is 2.54. The van der Waals surface area contributed by atoms with Crippen LogP contribution in [0.1, 0.15) is 18.0 Å². The van der Waals surface area contributed by atoms with Gasteiger partial charge >= 0.3 is 6.09 Å². The largest absolute Gasteiger partial charge is 0.447 e. The number of amides is 1. The van der Waals surface area contributed by atoms with Gasteiger partial charge in [-0.2, -0.15) is 0 Å². The number of ether oxygens (including phenoxy) is 1. The fourth-order valence-corrected chi connectivity index (χ4v) is 5.41. The maximum Gasteiger partial charge on any atom is 0.410 e. The van der Waals surface area contributed by atoms with Gasteiger partial charge in [0.15, 0.2) is 0 Å². The third kappa shape index (κ3) is 2.29. The van der Waals surface area contributed by atoms with Crippen LogP contribution in [0, 0.1) is 0 Å². The molecule has 1 unspecified atom stereocenters. The molecule has 4 heteroatoms. The number of rotatable bonds is 3. The minimum atomic E-state index is -1.16. The van der Waals surface area contributed by atoms with Crippen LogP contribution in [0.15, 0.2) is 30.3 Å². The van der Waals surface area contributed by atoms with E-state index < -0.39 is 8.07 Å². The predicted molar refractivity (Wildman–Crippen MR) is 77.9 cm³/mol. The van der Waals surface area contributed by atoms with Crippen molar-refractivity contribution in [2.75, 3.05) is 6.61 Å². The van der Waals surface area contributed by atoms with Crippen molar-refractivity contribution in [1.29, 1.82) is 0 Å². The zero-order valence-electron chi connectivity index (χ0n) is 11.8. The van der Waals surface area contributed by atoms with E-state index in [0.29, 0.717) is 12.6 Å². The van der Waals surface area contributed by atoms with Crippen LogP contribution in [-0.4, -0.2) is 31.7 Å². The number of benzene rings is 1. The van der Waals surface area contributed by atoms with E-state index >= 15 is 0 Å². The Balaban J connectivity index is 1.82. The van der Waals surface area contributed by atoms with Gasteiger partial charge in [0.05, 0.1) is 6.04 Å². The topological polar surface area (TPSA) is 29.5 Å². The van der Waals surface area contributed by atoms with E-state index in [4.69, 9.17) is 4.74 Å². The van der Waals surface area contributed by atoms with Crippen molar-refractivity contribution < 1.29 is 9.53 Å². The van der Waals surface area contributed by atoms with Gasteiger partial charge in [0.1, 0.15) is 6.61 Å². The van der Waals surface area contributed by atoms with E-state index in [1.54, 1.807) is 0 Å². The summed E-state index contributed by atoms with van der Waals surface area (Å²) in [4.78, 5) is 14.0. The van der Waals surface area contributed by atoms with E-state index in [-0.39, 0.29) is 12.1 Å². The zero-order chi connectivity index (χ0) is 13.6. The Bertz CT molecular complexity index is 483. The molecule has 3 atom stereocenters. The van der Waals surface area contributed by atoms with Crippen LogP contribution in [0.5, 0.6) is 0 Å². The highest BCUT2D eigenvalue weighted by Crippen LogP contribution is 2.52. The minimum absolute atomic E-state index is 0.111. The minimum Gasteiger partial charge on any atom is -0.447 e. The molecule has 3 nitrogen and oxygen atoms in total. The molecule has 3 rings (SSSR count). The van der Waals surface area contributed by atoms with Crippen LogP contribution in [0.2, 0.25) is 25.2 Å². The number of cyclic esters (lactones) is 1. The lowest BCUT2D eigenvalue weighted by molar-refractivity contribution is 0.156. The number of carbonyl (C=O) groups excluding carboxylic acids is 1. The standard InChI is InChI=1S/C15H21NO2Si/c1-19(2,3)14-9-12(14)16-13(10-18-15(16)17)11-7-5-4-6-8-11/h4-8,12-14H,9-10H2,1-3H3/t12?,13-,14-/m1/s1. The van der Waals surface area contributed by atoms with Crippen molar-refractivity contribution in [2.45, 2.75) is 43.7 Å². The smallest absolute Gasteiger partial charge is 0.410 e. The van der Waals surface area contributed by atoms with Gasteiger partial charge in [0, 0.05) is 14.1 Å². The summed E-state index contributed by atoms with van der Waals surface area (Å²) in [5.41, 5.74) is 1.92. The molecule has 2 aliphatic rings. The zero-order valence-corrected chi connectivity index (χ0v) is 12.8. The van der Waals surface area contributed by atoms with Crippen LogP contribution < -0.4 is 0 Å². The van der Waals surface area contributed by atoms with Gasteiger partial charge in [-0.3, -0.25) is 4.90 Å². The summed E-state index contributed by atoms with van der Waals surface area (Å²) >= 11 is 0. The van der Waals surface area contributed by atoms with Crippen molar-refractivity contribution in [3.63, 3.8) is 0 Å². The average Bonchev–Trinajstić information content (AvgIpc) is 3.08. The van der Waals surface area contributed by atoms with E-state index in [9.17, 15) is 4.79 Å². The Labute approximate surface area is 115 Å². The lowest BCUT2D eigenvalue weighted by atomic mass is 10.1. The first kappa shape index (κ1) is 12.7. The Kier molecular flexibility index (Phi) is 2.93. The average molecular weight is 275 g/mol. The van der Waals surface area contributed by atoms with Gasteiger partial charge in [-0.25, -0.2) is 4.79 Å². The molecule has 1 aliphatic carbocycles. The Morgan fingerprint density at radius 2 is 1.89 bits per heavy atom. The van der Waals surface area contributed by atoms with Gasteiger partial charge < -0.3 is 4.74 Å². The molecule has 19 heavy (non-hydrogen) atoms. The van der Waals surface area contributed by atoms with E-state index in [1.807, 2.05) is 23.1 Å². The van der Waals surface area contributed by atoms with E-state index in [1.165, 1.54) is 5.56 Å². The second kappa shape index (κ2) is 4.37. The Morgan fingerprint density at radius 1 is 1.21 bits per heavy atom. The lowest BCUT2D eigenvalue weighted by Gasteiger charge is -2.24. The third-order valence-corrected chi connectivity index (χ3v) is 7.17. The molecule has 1 aliphatic heterocycles. The monoisotopic (exact) mass is 275 g/mol. The summed E-state index contributed by atoms with van der Waals surface area (Å²) in [6.07, 6.45) is 1.04. The Morgan fingerprint density at radius 3 is 2.47 bits per heavy atom. The number of hydrogen-bond donors (Lipinski definition) is 0. The molecule has 1 heterocycles. The van der Waals surface area contributed by atoms with Crippen LogP contribution >= 0.6 is 0 Å². The number of hydrogen-bond acceptors (Lipinski definition) is 2. The Hall–Kier alpha value is -1.29. The van der Waals surface area contributed by atoms with Gasteiger partial charge in [0.2, 0.25) is 0 Å². The van der Waals surface area contributed by atoms with Crippen LogP contribution in [0.25, 0.3) is 0 Å². The molecular formula is C15H21NO2Si. The third-order valence-electron chi connectivity index (χ3n) is 4.32. The van der Waals surface area contributed by atoms with Gasteiger partial charge in [-0.05, 0) is 17.5 Å². The normalized spacial score (nSPS) is 30.4. The second-order valence-electron chi connectivity index (χ2n) is 6.69. The highest BCUT2D eigenvalue weighted by molar-refractivity contribution is 6.78. The fourth-order valence-electron chi connectivity index (χ4n) is 3.15. The predicted octanol–water partition coefficient (Wildman–Crippen LogP) is 3.66. The molecular weight excluding hydrogens is 254 g/mol. The molecule has 1 saturated heterocycles. The van der Waals surface area contributed by atoms with Crippen molar-refractivity contribution in [3.05, 3.63) is 35.9 Å². The van der Waals surface area contributed by atoms with Gasteiger partial charge in [-0.15, -0.1) is 0 Å². The molecule has 1 aromatic carbocycles. The molecule has 1 amide bonds. The van der Waals surface area contributed by atoms with Crippen molar-refractivity contribution in [1.82, 2.24) is 4.90 Å². The quantitative estimate of drug-likeness (QED) is 0.788. The second-order valence-corrected chi connectivity index (χ2v) is 12.2. The van der Waals surface area contributed by atoms with E-state index in [0.717, 1.165) is 12.0 Å². The first-order valence-corrected chi connectivity index (χ1v) is 10.6. The molecule has 0 spiro atoms. The van der Waals surface area contributed by atoms with Crippen molar-refractivity contribution in [2.24, 2.45) is 0 Å². The van der Waals surface area contributed by atoms with Crippen LogP contribution in [0.3, 0.4) is 0 Å². The number of carbonyl (C=O) groups is 1. The molecule has 2 fully saturated rings. The molecule has 0 N–H and O–H groups in total. The lowest BCUT2D eigenvalue weighted by Crippen LogP contribution is -2.34. The maximum atomic E-state index is 12.0. The molecule has 0 aromatic heterocycles. The first-order chi connectivity index (χ1) is 8.98. The van der Waals surface area contributed by atoms with Crippen LogP contribution in [0.4, 0.5) is 4.79 Å². The maximum absolute atomic E-state index is 12.0. The molecule has 0 bridgehead atoms. The van der Waals surface area contributed by atoms with Gasteiger partial charge in [-0.1, -0.05) is 50.0 Å². The molecule has 1 saturated carbocycles. The number of nitrogens with zero attached hydrogens (tertiary/aromatic N) is 1. The van der Waals surface area contributed by atoms with Crippen molar-refractivity contribution in [3.8, 4) is 0 Å². The summed E-state index contributed by atoms with van der Waals surface area (Å²) in [6, 6.07) is 10.8. The molecule has 0 radical (unpaired) electrons. The van der Waals surface area contributed by atoms with E-state index in [2.05, 4.69) is 31.8 Å². The summed E-state index contributed by atoms with van der Waals surface area (Å²) in [5, 5.41) is 0. The fraction of sp³-hybridized carbons (Fsp3) is 0.533.